The van der Waals surface area contributed by atoms with Crippen LogP contribution in [0, 0.1) is 0 Å². The molecule has 2 rings (SSSR count). The Hall–Kier alpha value is -1.73. The van der Waals surface area contributed by atoms with Crippen LogP contribution < -0.4 is 10.6 Å². The highest BCUT2D eigenvalue weighted by atomic mass is 16.5. The van der Waals surface area contributed by atoms with Gasteiger partial charge < -0.3 is 15.4 Å². The summed E-state index contributed by atoms with van der Waals surface area (Å²) in [7, 11) is 1.64. The number of anilines is 1. The molecule has 1 aromatic rings. The Morgan fingerprint density at radius 3 is 3.00 bits per heavy atom. The van der Waals surface area contributed by atoms with E-state index in [1.807, 2.05) is 0 Å². The predicted octanol–water partition coefficient (Wildman–Crippen LogP) is 0.245. The number of ether oxygens (including phenoxy) is 1. The SMILES string of the molecule is CCCNc1cnc(CN2CCOCC2C(=O)NC)cn1. The third kappa shape index (κ3) is 4.37. The van der Waals surface area contributed by atoms with Gasteiger partial charge in [-0.1, -0.05) is 6.92 Å². The van der Waals surface area contributed by atoms with E-state index in [9.17, 15) is 4.79 Å². The van der Waals surface area contributed by atoms with Crippen molar-refractivity contribution in [2.45, 2.75) is 25.9 Å². The van der Waals surface area contributed by atoms with Gasteiger partial charge in [0.05, 0.1) is 31.3 Å². The summed E-state index contributed by atoms with van der Waals surface area (Å²) in [5.41, 5.74) is 0.854. The van der Waals surface area contributed by atoms with Crippen molar-refractivity contribution >= 4 is 11.7 Å². The minimum absolute atomic E-state index is 0.0242. The zero-order chi connectivity index (χ0) is 15.1. The maximum atomic E-state index is 11.9. The van der Waals surface area contributed by atoms with Gasteiger partial charge in [0, 0.05) is 26.7 Å². The Balaban J connectivity index is 1.97. The molecule has 1 aromatic heterocycles. The lowest BCUT2D eigenvalue weighted by Gasteiger charge is -2.33. The molecule has 1 aliphatic rings. The van der Waals surface area contributed by atoms with E-state index < -0.39 is 0 Å². The van der Waals surface area contributed by atoms with E-state index in [2.05, 4.69) is 32.4 Å². The van der Waals surface area contributed by atoms with Crippen LogP contribution in [-0.2, 0) is 16.1 Å². The van der Waals surface area contributed by atoms with Crippen molar-refractivity contribution in [1.82, 2.24) is 20.2 Å². The fourth-order valence-corrected chi connectivity index (χ4v) is 2.22. The summed E-state index contributed by atoms with van der Waals surface area (Å²) in [5, 5.41) is 5.87. The molecular formula is C14H23N5O2. The summed E-state index contributed by atoms with van der Waals surface area (Å²) in [5.74, 6) is 0.759. The van der Waals surface area contributed by atoms with E-state index in [4.69, 9.17) is 4.74 Å². The fourth-order valence-electron chi connectivity index (χ4n) is 2.22. The number of aromatic nitrogens is 2. The van der Waals surface area contributed by atoms with Crippen LogP contribution in [0.15, 0.2) is 12.4 Å². The molecule has 2 N–H and O–H groups in total. The zero-order valence-electron chi connectivity index (χ0n) is 12.6. The number of hydrogen-bond donors (Lipinski definition) is 2. The van der Waals surface area contributed by atoms with Crippen molar-refractivity contribution in [2.24, 2.45) is 0 Å². The van der Waals surface area contributed by atoms with Gasteiger partial charge in [-0.05, 0) is 6.42 Å². The topological polar surface area (TPSA) is 79.4 Å². The molecule has 0 spiro atoms. The third-order valence-electron chi connectivity index (χ3n) is 3.41. The highest BCUT2D eigenvalue weighted by Crippen LogP contribution is 2.11. The Morgan fingerprint density at radius 2 is 2.33 bits per heavy atom. The predicted molar refractivity (Wildman–Crippen MR) is 79.9 cm³/mol. The van der Waals surface area contributed by atoms with Crippen LogP contribution in [0.4, 0.5) is 5.82 Å². The first-order chi connectivity index (χ1) is 10.2. The second kappa shape index (κ2) is 7.90. The lowest BCUT2D eigenvalue weighted by atomic mass is 10.2. The van der Waals surface area contributed by atoms with Gasteiger partial charge >= 0.3 is 0 Å². The highest BCUT2D eigenvalue weighted by molar-refractivity contribution is 5.81. The van der Waals surface area contributed by atoms with Crippen LogP contribution in [0.3, 0.4) is 0 Å². The first kappa shape index (κ1) is 15.7. The lowest BCUT2D eigenvalue weighted by molar-refractivity contribution is -0.132. The molecule has 1 unspecified atom stereocenters. The van der Waals surface area contributed by atoms with Crippen LogP contribution in [0.5, 0.6) is 0 Å². The Morgan fingerprint density at radius 1 is 1.48 bits per heavy atom. The molecule has 0 aromatic carbocycles. The van der Waals surface area contributed by atoms with E-state index in [-0.39, 0.29) is 11.9 Å². The second-order valence-electron chi connectivity index (χ2n) is 5.00. The van der Waals surface area contributed by atoms with Crippen molar-refractivity contribution < 1.29 is 9.53 Å². The first-order valence-electron chi connectivity index (χ1n) is 7.32. The standard InChI is InChI=1S/C14H23N5O2/c1-3-4-16-13-8-17-11(7-18-13)9-19-5-6-21-10-12(19)14(20)15-2/h7-8,12H,3-6,9-10H2,1-2H3,(H,15,20)(H,16,18). The van der Waals surface area contributed by atoms with Gasteiger partial charge in [-0.3, -0.25) is 14.7 Å². The maximum Gasteiger partial charge on any atom is 0.239 e. The van der Waals surface area contributed by atoms with Crippen LogP contribution >= 0.6 is 0 Å². The molecule has 1 aliphatic heterocycles. The Kier molecular flexibility index (Phi) is 5.89. The molecule has 1 saturated heterocycles. The van der Waals surface area contributed by atoms with Gasteiger partial charge in [0.1, 0.15) is 11.9 Å². The van der Waals surface area contributed by atoms with Gasteiger partial charge in [-0.15, -0.1) is 0 Å². The lowest BCUT2D eigenvalue weighted by Crippen LogP contribution is -2.52. The number of rotatable bonds is 6. The third-order valence-corrected chi connectivity index (χ3v) is 3.41. The van der Waals surface area contributed by atoms with Crippen molar-refractivity contribution in [2.75, 3.05) is 38.7 Å². The Bertz CT molecular complexity index is 451. The molecule has 2 heterocycles. The molecule has 0 saturated carbocycles. The Labute approximate surface area is 125 Å². The van der Waals surface area contributed by atoms with Crippen LogP contribution in [0.1, 0.15) is 19.0 Å². The van der Waals surface area contributed by atoms with E-state index >= 15 is 0 Å². The molecule has 7 heteroatoms. The number of nitrogens with one attached hydrogen (secondary N) is 2. The van der Waals surface area contributed by atoms with E-state index in [1.54, 1.807) is 19.4 Å². The van der Waals surface area contributed by atoms with E-state index in [0.29, 0.717) is 19.8 Å². The number of amides is 1. The average Bonchev–Trinajstić information content (AvgIpc) is 2.54. The molecule has 116 valence electrons. The molecule has 7 nitrogen and oxygen atoms in total. The molecule has 1 fully saturated rings. The monoisotopic (exact) mass is 293 g/mol. The number of morpholine rings is 1. The van der Waals surface area contributed by atoms with E-state index in [0.717, 1.165) is 31.0 Å². The molecule has 0 aliphatic carbocycles. The first-order valence-corrected chi connectivity index (χ1v) is 7.32. The van der Waals surface area contributed by atoms with Crippen molar-refractivity contribution in [3.8, 4) is 0 Å². The van der Waals surface area contributed by atoms with Crippen LogP contribution in [0.25, 0.3) is 0 Å². The van der Waals surface area contributed by atoms with Gasteiger partial charge in [0.15, 0.2) is 0 Å². The quantitative estimate of drug-likeness (QED) is 0.782. The molecule has 1 atom stereocenters. The summed E-state index contributed by atoms with van der Waals surface area (Å²) in [6.45, 7) is 5.36. The summed E-state index contributed by atoms with van der Waals surface area (Å²) in [4.78, 5) is 22.7. The second-order valence-corrected chi connectivity index (χ2v) is 5.00. The normalized spacial score (nSPS) is 19.2. The molecule has 0 bridgehead atoms. The molecule has 1 amide bonds. The summed E-state index contributed by atoms with van der Waals surface area (Å²) in [6.07, 6.45) is 4.54. The van der Waals surface area contributed by atoms with Crippen molar-refractivity contribution in [3.05, 3.63) is 18.1 Å². The summed E-state index contributed by atoms with van der Waals surface area (Å²) in [6, 6.07) is -0.261. The zero-order valence-corrected chi connectivity index (χ0v) is 12.6. The van der Waals surface area contributed by atoms with Gasteiger partial charge in [0.2, 0.25) is 5.91 Å². The number of carbonyl (C=O) groups is 1. The summed E-state index contributed by atoms with van der Waals surface area (Å²) >= 11 is 0. The number of likely N-dealkylation sites (N-methyl/N-ethyl adjacent to an activating group) is 1. The number of carbonyl (C=O) groups excluding carboxylic acids is 1. The average molecular weight is 293 g/mol. The smallest absolute Gasteiger partial charge is 0.239 e. The van der Waals surface area contributed by atoms with Gasteiger partial charge in [0.25, 0.3) is 0 Å². The fraction of sp³-hybridized carbons (Fsp3) is 0.643. The van der Waals surface area contributed by atoms with Gasteiger partial charge in [-0.25, -0.2) is 4.98 Å². The highest BCUT2D eigenvalue weighted by Gasteiger charge is 2.28. The van der Waals surface area contributed by atoms with E-state index in [1.165, 1.54) is 0 Å². The largest absolute Gasteiger partial charge is 0.378 e. The van der Waals surface area contributed by atoms with Crippen molar-refractivity contribution in [1.29, 1.82) is 0 Å². The minimum atomic E-state index is -0.261. The van der Waals surface area contributed by atoms with Crippen LogP contribution in [-0.4, -0.2) is 60.2 Å². The van der Waals surface area contributed by atoms with Crippen molar-refractivity contribution in [3.63, 3.8) is 0 Å². The maximum absolute atomic E-state index is 11.9. The number of nitrogens with zero attached hydrogens (tertiary/aromatic N) is 3. The van der Waals surface area contributed by atoms with Gasteiger partial charge in [-0.2, -0.15) is 0 Å². The van der Waals surface area contributed by atoms with Crippen LogP contribution in [0.2, 0.25) is 0 Å². The molecular weight excluding hydrogens is 270 g/mol. The summed E-state index contributed by atoms with van der Waals surface area (Å²) < 4.78 is 5.39. The molecule has 0 radical (unpaired) electrons. The number of hydrogen-bond acceptors (Lipinski definition) is 6. The minimum Gasteiger partial charge on any atom is -0.378 e. The molecule has 21 heavy (non-hydrogen) atoms.